The molecule has 0 atom stereocenters. The lowest BCUT2D eigenvalue weighted by molar-refractivity contribution is 0.104. The molecule has 0 fully saturated rings. The Balaban J connectivity index is 2.16. The molecular weight excluding hydrogens is 278 g/mol. The van der Waals surface area contributed by atoms with Crippen LogP contribution in [0.1, 0.15) is 23.0 Å². The number of anilines is 1. The molecule has 0 aliphatic carbocycles. The summed E-state index contributed by atoms with van der Waals surface area (Å²) >= 11 is 5.80. The first kappa shape index (κ1) is 14.1. The Morgan fingerprint density at radius 3 is 2.45 bits per heavy atom. The fourth-order valence-corrected chi connectivity index (χ4v) is 1.93. The summed E-state index contributed by atoms with van der Waals surface area (Å²) in [7, 11) is 0. The molecule has 6 heteroatoms. The van der Waals surface area contributed by atoms with Crippen molar-refractivity contribution < 1.29 is 4.79 Å². The van der Waals surface area contributed by atoms with Crippen LogP contribution in [0.25, 0.3) is 0 Å². The summed E-state index contributed by atoms with van der Waals surface area (Å²) in [5.41, 5.74) is 1.69. The fraction of sp³-hybridized carbons (Fsp3) is 0.143. The largest absolute Gasteiger partial charge is 0.359 e. The van der Waals surface area contributed by atoms with Crippen LogP contribution in [0.3, 0.4) is 0 Å². The number of nitrogens with one attached hydrogen (secondary N) is 3. The van der Waals surface area contributed by atoms with Crippen molar-refractivity contribution in [2.24, 2.45) is 0 Å². The summed E-state index contributed by atoms with van der Waals surface area (Å²) in [6, 6.07) is 7.11. The van der Waals surface area contributed by atoms with E-state index in [1.54, 1.807) is 38.1 Å². The topological polar surface area (TPSA) is 77.8 Å². The van der Waals surface area contributed by atoms with Crippen LogP contribution in [-0.4, -0.2) is 16.0 Å². The van der Waals surface area contributed by atoms with Gasteiger partial charge >= 0.3 is 0 Å². The van der Waals surface area contributed by atoms with E-state index in [-0.39, 0.29) is 11.3 Å². The molecule has 1 aromatic heterocycles. The highest BCUT2D eigenvalue weighted by Gasteiger charge is 2.13. The van der Waals surface area contributed by atoms with Gasteiger partial charge in [0.25, 0.3) is 5.56 Å². The van der Waals surface area contributed by atoms with Crippen LogP contribution in [-0.2, 0) is 0 Å². The van der Waals surface area contributed by atoms with Gasteiger partial charge in [0.15, 0.2) is 5.78 Å². The minimum Gasteiger partial charge on any atom is -0.359 e. The lowest BCUT2D eigenvalue weighted by atomic mass is 10.1. The molecule has 104 valence electrons. The van der Waals surface area contributed by atoms with E-state index in [9.17, 15) is 9.59 Å². The van der Waals surface area contributed by atoms with E-state index in [0.717, 1.165) is 5.69 Å². The Labute approximate surface area is 120 Å². The van der Waals surface area contributed by atoms with Crippen LogP contribution in [0.15, 0.2) is 40.8 Å². The predicted molar refractivity (Wildman–Crippen MR) is 79.3 cm³/mol. The van der Waals surface area contributed by atoms with E-state index in [4.69, 9.17) is 11.6 Å². The molecule has 0 saturated carbocycles. The second-order valence-electron chi connectivity index (χ2n) is 4.40. The number of hydrogen-bond acceptors (Lipinski definition) is 3. The van der Waals surface area contributed by atoms with Gasteiger partial charge in [0.1, 0.15) is 5.56 Å². The third-order valence-electron chi connectivity index (χ3n) is 2.75. The molecular formula is C14H14ClN3O2. The average Bonchev–Trinajstić information content (AvgIpc) is 2.72. The van der Waals surface area contributed by atoms with E-state index < -0.39 is 5.56 Å². The van der Waals surface area contributed by atoms with Gasteiger partial charge < -0.3 is 10.4 Å². The molecule has 2 rings (SSSR count). The number of H-pyrrole nitrogens is 2. The monoisotopic (exact) mass is 291 g/mol. The Kier molecular flexibility index (Phi) is 4.10. The number of rotatable bonds is 4. The van der Waals surface area contributed by atoms with Gasteiger partial charge in [0.05, 0.1) is 0 Å². The van der Waals surface area contributed by atoms with Crippen LogP contribution >= 0.6 is 11.6 Å². The maximum absolute atomic E-state index is 12.0. The number of benzene rings is 1. The van der Waals surface area contributed by atoms with Gasteiger partial charge in [0.2, 0.25) is 0 Å². The second kappa shape index (κ2) is 5.79. The van der Waals surface area contributed by atoms with Gasteiger partial charge in [0, 0.05) is 28.2 Å². The summed E-state index contributed by atoms with van der Waals surface area (Å²) in [5, 5.41) is 8.71. The van der Waals surface area contributed by atoms with Gasteiger partial charge in [-0.05, 0) is 38.1 Å². The number of allylic oxidation sites excluding steroid dienone is 2. The van der Waals surface area contributed by atoms with Gasteiger partial charge in [-0.15, -0.1) is 0 Å². The average molecular weight is 292 g/mol. The van der Waals surface area contributed by atoms with Crippen molar-refractivity contribution in [1.29, 1.82) is 0 Å². The van der Waals surface area contributed by atoms with E-state index in [2.05, 4.69) is 15.5 Å². The molecule has 0 spiro atoms. The Morgan fingerprint density at radius 2 is 1.90 bits per heavy atom. The van der Waals surface area contributed by atoms with Crippen LogP contribution in [0, 0.1) is 6.92 Å². The molecule has 0 amide bonds. The molecule has 0 bridgehead atoms. The van der Waals surface area contributed by atoms with E-state index >= 15 is 0 Å². The zero-order valence-corrected chi connectivity index (χ0v) is 11.8. The highest BCUT2D eigenvalue weighted by molar-refractivity contribution is 6.30. The smallest absolute Gasteiger partial charge is 0.275 e. The molecule has 1 aromatic carbocycles. The van der Waals surface area contributed by atoms with Gasteiger partial charge in [-0.25, -0.2) is 0 Å². The summed E-state index contributed by atoms with van der Waals surface area (Å²) < 4.78 is 0. The summed E-state index contributed by atoms with van der Waals surface area (Å²) in [4.78, 5) is 23.5. The van der Waals surface area contributed by atoms with Crippen LogP contribution < -0.4 is 10.9 Å². The molecule has 1 heterocycles. The van der Waals surface area contributed by atoms with Crippen molar-refractivity contribution in [2.45, 2.75) is 13.8 Å². The molecule has 2 aromatic rings. The minimum absolute atomic E-state index is 0.127. The normalized spacial score (nSPS) is 11.4. The SMILES string of the molecule is CC(=CC(=O)c1c(C)[nH][nH]c1=O)Nc1ccc(Cl)cc1. The summed E-state index contributed by atoms with van der Waals surface area (Å²) in [6.45, 7) is 3.42. The maximum atomic E-state index is 12.0. The highest BCUT2D eigenvalue weighted by Crippen LogP contribution is 2.15. The number of aromatic amines is 2. The number of halogens is 1. The molecule has 0 aliphatic heterocycles. The second-order valence-corrected chi connectivity index (χ2v) is 4.84. The van der Waals surface area contributed by atoms with Crippen molar-refractivity contribution in [2.75, 3.05) is 5.32 Å². The van der Waals surface area contributed by atoms with Gasteiger partial charge in [-0.3, -0.25) is 14.7 Å². The number of carbonyl (C=O) groups excluding carboxylic acids is 1. The summed E-state index contributed by atoms with van der Waals surface area (Å²) in [6.07, 6.45) is 1.39. The van der Waals surface area contributed by atoms with Gasteiger partial charge in [-0.2, -0.15) is 0 Å². The molecule has 0 unspecified atom stereocenters. The Morgan fingerprint density at radius 1 is 1.25 bits per heavy atom. The Hall–Kier alpha value is -2.27. The first-order chi connectivity index (χ1) is 9.47. The first-order valence-electron chi connectivity index (χ1n) is 6.00. The zero-order valence-electron chi connectivity index (χ0n) is 11.1. The third kappa shape index (κ3) is 3.19. The Bertz CT molecular complexity index is 711. The molecule has 0 radical (unpaired) electrons. The van der Waals surface area contributed by atoms with Crippen molar-refractivity contribution in [3.8, 4) is 0 Å². The van der Waals surface area contributed by atoms with Gasteiger partial charge in [-0.1, -0.05) is 11.6 Å². The predicted octanol–water partition coefficient (Wildman–Crippen LogP) is 2.86. The highest BCUT2D eigenvalue weighted by atomic mass is 35.5. The standard InChI is InChI=1S/C14H14ClN3O2/c1-8(16-11-5-3-10(15)4-6-11)7-12(19)13-9(2)17-18-14(13)20/h3-7,16H,1-2H3,(H2,17,18,20). The number of aryl methyl sites for hydroxylation is 1. The molecule has 3 N–H and O–H groups in total. The maximum Gasteiger partial charge on any atom is 0.275 e. The zero-order chi connectivity index (χ0) is 14.7. The number of aromatic nitrogens is 2. The van der Waals surface area contributed by atoms with E-state index in [1.807, 2.05) is 0 Å². The van der Waals surface area contributed by atoms with E-state index in [1.165, 1.54) is 6.08 Å². The molecule has 5 nitrogen and oxygen atoms in total. The van der Waals surface area contributed by atoms with Crippen LogP contribution in [0.5, 0.6) is 0 Å². The number of carbonyl (C=O) groups is 1. The van der Waals surface area contributed by atoms with Crippen LogP contribution in [0.4, 0.5) is 5.69 Å². The molecule has 20 heavy (non-hydrogen) atoms. The minimum atomic E-state index is -0.414. The summed E-state index contributed by atoms with van der Waals surface area (Å²) in [5.74, 6) is -0.344. The quantitative estimate of drug-likeness (QED) is 0.599. The number of hydrogen-bond donors (Lipinski definition) is 3. The lowest BCUT2D eigenvalue weighted by Crippen LogP contribution is -2.12. The first-order valence-corrected chi connectivity index (χ1v) is 6.37. The van der Waals surface area contributed by atoms with Crippen LogP contribution in [0.2, 0.25) is 5.02 Å². The van der Waals surface area contributed by atoms with Crippen molar-refractivity contribution >= 4 is 23.1 Å². The molecule has 0 aliphatic rings. The van der Waals surface area contributed by atoms with Crippen molar-refractivity contribution in [1.82, 2.24) is 10.2 Å². The number of ketones is 1. The third-order valence-corrected chi connectivity index (χ3v) is 3.00. The van der Waals surface area contributed by atoms with E-state index in [0.29, 0.717) is 16.4 Å². The lowest BCUT2D eigenvalue weighted by Gasteiger charge is -2.06. The van der Waals surface area contributed by atoms with Crippen molar-refractivity contribution in [3.05, 3.63) is 62.7 Å². The molecule has 0 saturated heterocycles. The van der Waals surface area contributed by atoms with Crippen molar-refractivity contribution in [3.63, 3.8) is 0 Å². The fourth-order valence-electron chi connectivity index (χ4n) is 1.81.